The highest BCUT2D eigenvalue weighted by Gasteiger charge is 2.16. The fourth-order valence-corrected chi connectivity index (χ4v) is 2.79. The highest BCUT2D eigenvalue weighted by Crippen LogP contribution is 2.22. The third kappa shape index (κ3) is 3.48. The molecule has 1 unspecified atom stereocenters. The van der Waals surface area contributed by atoms with Crippen LogP contribution in [0, 0.1) is 5.92 Å². The Morgan fingerprint density at radius 2 is 2.26 bits per heavy atom. The Kier molecular flexibility index (Phi) is 4.83. The normalized spacial score (nSPS) is 17.9. The first-order valence-corrected chi connectivity index (χ1v) is 7.92. The highest BCUT2D eigenvalue weighted by atomic mass is 35.5. The zero-order valence-corrected chi connectivity index (χ0v) is 13.3. The van der Waals surface area contributed by atoms with Crippen LogP contribution in [0.1, 0.15) is 12.8 Å². The molecule has 0 radical (unpaired) electrons. The standard InChI is InChI=1S/C16H18ClN3O3/c17-15-12(18-8-11-4-3-7-23-10-11)9-19-20(16(15)22)13-5-1-2-6-14(13)21/h1-2,5-6,9,11,18,21H,3-4,7-8,10H2. The maximum absolute atomic E-state index is 12.4. The van der Waals surface area contributed by atoms with Gasteiger partial charge in [0.2, 0.25) is 0 Å². The smallest absolute Gasteiger partial charge is 0.292 e. The van der Waals surface area contributed by atoms with Crippen molar-refractivity contribution in [2.45, 2.75) is 12.8 Å². The molecule has 0 amide bonds. The number of nitrogens with one attached hydrogen (secondary N) is 1. The number of anilines is 1. The summed E-state index contributed by atoms with van der Waals surface area (Å²) in [5.41, 5.74) is 0.318. The molecule has 23 heavy (non-hydrogen) atoms. The maximum Gasteiger partial charge on any atom is 0.292 e. The lowest BCUT2D eigenvalue weighted by atomic mass is 10.0. The summed E-state index contributed by atoms with van der Waals surface area (Å²) in [6, 6.07) is 6.49. The summed E-state index contributed by atoms with van der Waals surface area (Å²) in [6.45, 7) is 2.21. The van der Waals surface area contributed by atoms with Crippen LogP contribution >= 0.6 is 11.6 Å². The van der Waals surface area contributed by atoms with Crippen LogP contribution in [0.15, 0.2) is 35.3 Å². The fraction of sp³-hybridized carbons (Fsp3) is 0.375. The predicted octanol–water partition coefficient (Wildman–Crippen LogP) is 2.43. The van der Waals surface area contributed by atoms with Gasteiger partial charge in [0, 0.05) is 13.2 Å². The molecule has 0 spiro atoms. The Morgan fingerprint density at radius 1 is 1.43 bits per heavy atom. The van der Waals surface area contributed by atoms with Crippen LogP contribution in [0.3, 0.4) is 0 Å². The topological polar surface area (TPSA) is 76.4 Å². The van der Waals surface area contributed by atoms with Crippen molar-refractivity contribution < 1.29 is 9.84 Å². The van der Waals surface area contributed by atoms with E-state index in [0.29, 0.717) is 30.4 Å². The van der Waals surface area contributed by atoms with Crippen LogP contribution in [0.25, 0.3) is 5.69 Å². The molecule has 1 aromatic heterocycles. The summed E-state index contributed by atoms with van der Waals surface area (Å²) in [7, 11) is 0. The van der Waals surface area contributed by atoms with E-state index >= 15 is 0 Å². The summed E-state index contributed by atoms with van der Waals surface area (Å²) in [5, 5.41) is 17.2. The first-order chi connectivity index (χ1) is 11.2. The minimum Gasteiger partial charge on any atom is -0.506 e. The van der Waals surface area contributed by atoms with Gasteiger partial charge in [-0.25, -0.2) is 0 Å². The molecule has 1 aliphatic heterocycles. The zero-order valence-electron chi connectivity index (χ0n) is 12.5. The molecule has 0 saturated carbocycles. The maximum atomic E-state index is 12.4. The number of halogens is 1. The lowest BCUT2D eigenvalue weighted by molar-refractivity contribution is 0.0595. The summed E-state index contributed by atoms with van der Waals surface area (Å²) in [4.78, 5) is 12.4. The summed E-state index contributed by atoms with van der Waals surface area (Å²) < 4.78 is 6.52. The van der Waals surface area contributed by atoms with Crippen LogP contribution < -0.4 is 10.9 Å². The average Bonchev–Trinajstić information content (AvgIpc) is 2.58. The lowest BCUT2D eigenvalue weighted by Crippen LogP contribution is -2.26. The number of phenols is 1. The molecular weight excluding hydrogens is 318 g/mol. The van der Waals surface area contributed by atoms with Gasteiger partial charge in [-0.2, -0.15) is 9.78 Å². The third-order valence-electron chi connectivity index (χ3n) is 3.86. The summed E-state index contributed by atoms with van der Waals surface area (Å²) in [6.07, 6.45) is 3.64. The number of ether oxygens (including phenoxy) is 1. The van der Waals surface area contributed by atoms with Gasteiger partial charge in [-0.15, -0.1) is 0 Å². The van der Waals surface area contributed by atoms with Gasteiger partial charge >= 0.3 is 0 Å². The molecule has 1 aliphatic rings. The molecule has 1 fully saturated rings. The SMILES string of the molecule is O=c1c(Cl)c(NCC2CCCOC2)cnn1-c1ccccc1O. The first-order valence-electron chi connectivity index (χ1n) is 7.54. The number of aromatic nitrogens is 2. The molecule has 1 atom stereocenters. The average molecular weight is 336 g/mol. The fourth-order valence-electron chi connectivity index (χ4n) is 2.59. The van der Waals surface area contributed by atoms with Crippen molar-refractivity contribution in [2.24, 2.45) is 5.92 Å². The Hall–Kier alpha value is -2.05. The van der Waals surface area contributed by atoms with E-state index < -0.39 is 5.56 Å². The second-order valence-electron chi connectivity index (χ2n) is 5.54. The van der Waals surface area contributed by atoms with Crippen molar-refractivity contribution in [1.29, 1.82) is 0 Å². The van der Waals surface area contributed by atoms with E-state index in [1.54, 1.807) is 18.2 Å². The van der Waals surface area contributed by atoms with Gasteiger partial charge in [0.05, 0.1) is 18.5 Å². The van der Waals surface area contributed by atoms with E-state index in [-0.39, 0.29) is 10.8 Å². The number of para-hydroxylation sites is 2. The third-order valence-corrected chi connectivity index (χ3v) is 4.23. The number of aromatic hydroxyl groups is 1. The molecule has 0 aliphatic carbocycles. The van der Waals surface area contributed by atoms with E-state index in [9.17, 15) is 9.90 Å². The number of hydrogen-bond acceptors (Lipinski definition) is 5. The van der Waals surface area contributed by atoms with Crippen LogP contribution in [0.2, 0.25) is 5.02 Å². The Labute approximate surface area is 138 Å². The molecule has 122 valence electrons. The van der Waals surface area contributed by atoms with E-state index in [1.807, 2.05) is 0 Å². The molecule has 1 aromatic carbocycles. The number of hydrogen-bond donors (Lipinski definition) is 2. The van der Waals surface area contributed by atoms with Crippen molar-refractivity contribution in [1.82, 2.24) is 9.78 Å². The second kappa shape index (κ2) is 7.02. The van der Waals surface area contributed by atoms with Crippen molar-refractivity contribution in [3.8, 4) is 11.4 Å². The molecule has 3 rings (SSSR count). The predicted molar refractivity (Wildman–Crippen MR) is 88.5 cm³/mol. The van der Waals surface area contributed by atoms with Crippen LogP contribution in [-0.2, 0) is 4.74 Å². The van der Waals surface area contributed by atoms with Crippen LogP contribution in [-0.4, -0.2) is 34.6 Å². The monoisotopic (exact) mass is 335 g/mol. The van der Waals surface area contributed by atoms with Gasteiger partial charge in [-0.1, -0.05) is 23.7 Å². The second-order valence-corrected chi connectivity index (χ2v) is 5.92. The zero-order chi connectivity index (χ0) is 16.2. The molecule has 2 aromatic rings. The number of nitrogens with zero attached hydrogens (tertiary/aromatic N) is 2. The number of benzene rings is 1. The van der Waals surface area contributed by atoms with Crippen molar-refractivity contribution in [3.63, 3.8) is 0 Å². The quantitative estimate of drug-likeness (QED) is 0.897. The van der Waals surface area contributed by atoms with Crippen LogP contribution in [0.5, 0.6) is 5.75 Å². The van der Waals surface area contributed by atoms with Gasteiger partial charge in [0.15, 0.2) is 0 Å². The van der Waals surface area contributed by atoms with Gasteiger partial charge in [-0.05, 0) is 30.9 Å². The van der Waals surface area contributed by atoms with Crippen molar-refractivity contribution in [2.75, 3.05) is 25.1 Å². The van der Waals surface area contributed by atoms with Gasteiger partial charge in [0.25, 0.3) is 5.56 Å². The molecule has 1 saturated heterocycles. The lowest BCUT2D eigenvalue weighted by Gasteiger charge is -2.22. The minimum atomic E-state index is -0.474. The Morgan fingerprint density at radius 3 is 3.00 bits per heavy atom. The largest absolute Gasteiger partial charge is 0.506 e. The molecular formula is C16H18ClN3O3. The molecule has 7 heteroatoms. The molecule has 0 bridgehead atoms. The van der Waals surface area contributed by atoms with Crippen LogP contribution in [0.4, 0.5) is 5.69 Å². The van der Waals surface area contributed by atoms with E-state index in [1.165, 1.54) is 12.3 Å². The Bertz CT molecular complexity index is 742. The minimum absolute atomic E-state index is 0.0294. The van der Waals surface area contributed by atoms with Crippen molar-refractivity contribution in [3.05, 3.63) is 45.8 Å². The summed E-state index contributed by atoms with van der Waals surface area (Å²) in [5.74, 6) is 0.374. The van der Waals surface area contributed by atoms with E-state index in [4.69, 9.17) is 16.3 Å². The van der Waals surface area contributed by atoms with Gasteiger partial charge in [0.1, 0.15) is 16.5 Å². The molecule has 2 heterocycles. The van der Waals surface area contributed by atoms with E-state index in [2.05, 4.69) is 10.4 Å². The van der Waals surface area contributed by atoms with Gasteiger partial charge in [-0.3, -0.25) is 4.79 Å². The molecule has 2 N–H and O–H groups in total. The van der Waals surface area contributed by atoms with E-state index in [0.717, 1.165) is 24.1 Å². The highest BCUT2D eigenvalue weighted by molar-refractivity contribution is 6.32. The summed E-state index contributed by atoms with van der Waals surface area (Å²) >= 11 is 6.17. The first kappa shape index (κ1) is 15.8. The number of rotatable bonds is 4. The molecule has 6 nitrogen and oxygen atoms in total. The van der Waals surface area contributed by atoms with Gasteiger partial charge < -0.3 is 15.2 Å². The number of phenolic OH excluding ortho intramolecular Hbond substituents is 1. The Balaban J connectivity index is 1.80. The van der Waals surface area contributed by atoms with Crippen molar-refractivity contribution >= 4 is 17.3 Å².